The number of fused-ring (bicyclic) bond motifs is 1. The van der Waals surface area contributed by atoms with E-state index in [1.165, 1.54) is 6.07 Å². The quantitative estimate of drug-likeness (QED) is 0.763. The lowest BCUT2D eigenvalue weighted by Crippen LogP contribution is -2.45. The molecular formula is C20H26F2N2O4. The number of rotatable bonds is 5. The van der Waals surface area contributed by atoms with Crippen molar-refractivity contribution in [3.63, 3.8) is 0 Å². The topological polar surface area (TPSA) is 51.2 Å². The van der Waals surface area contributed by atoms with Crippen molar-refractivity contribution in [2.45, 2.75) is 25.4 Å². The van der Waals surface area contributed by atoms with Gasteiger partial charge in [0.05, 0.1) is 6.61 Å². The van der Waals surface area contributed by atoms with E-state index in [1.807, 2.05) is 4.90 Å². The first-order valence-corrected chi connectivity index (χ1v) is 9.95. The highest BCUT2D eigenvalue weighted by atomic mass is 19.1. The summed E-state index contributed by atoms with van der Waals surface area (Å²) < 4.78 is 43.5. The molecule has 154 valence electrons. The highest BCUT2D eigenvalue weighted by Crippen LogP contribution is 2.35. The van der Waals surface area contributed by atoms with Gasteiger partial charge in [-0.25, -0.2) is 8.78 Å². The van der Waals surface area contributed by atoms with E-state index in [4.69, 9.17) is 14.2 Å². The highest BCUT2D eigenvalue weighted by Gasteiger charge is 2.29. The Kier molecular flexibility index (Phi) is 5.96. The van der Waals surface area contributed by atoms with Gasteiger partial charge in [-0.15, -0.1) is 0 Å². The number of ether oxygens (including phenoxy) is 3. The maximum atomic E-state index is 13.7. The summed E-state index contributed by atoms with van der Waals surface area (Å²) in [5.74, 6) is -0.563. The van der Waals surface area contributed by atoms with Gasteiger partial charge in [-0.2, -0.15) is 0 Å². The molecule has 2 fully saturated rings. The molecule has 0 aliphatic carbocycles. The molecule has 1 atom stereocenters. The van der Waals surface area contributed by atoms with E-state index in [-0.39, 0.29) is 36.7 Å². The van der Waals surface area contributed by atoms with Crippen molar-refractivity contribution in [1.82, 2.24) is 9.80 Å². The lowest BCUT2D eigenvalue weighted by molar-refractivity contribution is -0.142. The summed E-state index contributed by atoms with van der Waals surface area (Å²) >= 11 is 0. The number of amides is 1. The molecule has 1 amide bonds. The van der Waals surface area contributed by atoms with Crippen molar-refractivity contribution in [1.29, 1.82) is 0 Å². The van der Waals surface area contributed by atoms with Gasteiger partial charge in [-0.3, -0.25) is 9.69 Å². The fourth-order valence-electron chi connectivity index (χ4n) is 4.11. The molecule has 0 spiro atoms. The molecule has 28 heavy (non-hydrogen) atoms. The molecule has 1 aromatic rings. The van der Waals surface area contributed by atoms with Crippen molar-refractivity contribution in [3.8, 4) is 11.5 Å². The van der Waals surface area contributed by atoms with Gasteiger partial charge in [0.2, 0.25) is 5.91 Å². The average Bonchev–Trinajstić information content (AvgIpc) is 2.68. The third kappa shape index (κ3) is 4.55. The number of likely N-dealkylation sites (tertiary alicyclic amines) is 1. The van der Waals surface area contributed by atoms with Gasteiger partial charge in [0.1, 0.15) is 25.1 Å². The second-order valence-corrected chi connectivity index (χ2v) is 7.73. The molecule has 4 rings (SSSR count). The zero-order valence-corrected chi connectivity index (χ0v) is 15.9. The van der Waals surface area contributed by atoms with Crippen LogP contribution in [0.5, 0.6) is 11.5 Å². The van der Waals surface area contributed by atoms with Crippen LogP contribution in [0, 0.1) is 17.6 Å². The van der Waals surface area contributed by atoms with Gasteiger partial charge in [-0.05, 0) is 38.3 Å². The molecule has 0 bridgehead atoms. The molecule has 0 aromatic heterocycles. The third-order valence-electron chi connectivity index (χ3n) is 5.74. The Morgan fingerprint density at radius 1 is 1.14 bits per heavy atom. The van der Waals surface area contributed by atoms with Gasteiger partial charge >= 0.3 is 0 Å². The zero-order chi connectivity index (χ0) is 19.5. The minimum absolute atomic E-state index is 0.00554. The highest BCUT2D eigenvalue weighted by molar-refractivity contribution is 5.77. The summed E-state index contributed by atoms with van der Waals surface area (Å²) in [7, 11) is 0. The van der Waals surface area contributed by atoms with Crippen LogP contribution in [0.2, 0.25) is 0 Å². The molecule has 6 nitrogen and oxygen atoms in total. The lowest BCUT2D eigenvalue weighted by atomic mass is 9.93. The van der Waals surface area contributed by atoms with Crippen molar-refractivity contribution in [2.75, 3.05) is 52.5 Å². The summed E-state index contributed by atoms with van der Waals surface area (Å²) in [4.78, 5) is 16.0. The smallest absolute Gasteiger partial charge is 0.248 e. The summed E-state index contributed by atoms with van der Waals surface area (Å²) in [6.45, 7) is 5.17. The summed E-state index contributed by atoms with van der Waals surface area (Å²) in [5.41, 5.74) is 0. The molecule has 3 heterocycles. The van der Waals surface area contributed by atoms with Crippen LogP contribution >= 0.6 is 0 Å². The van der Waals surface area contributed by atoms with Crippen LogP contribution in [-0.4, -0.2) is 74.4 Å². The van der Waals surface area contributed by atoms with Crippen LogP contribution in [-0.2, 0) is 9.53 Å². The van der Waals surface area contributed by atoms with Gasteiger partial charge < -0.3 is 19.1 Å². The van der Waals surface area contributed by atoms with Gasteiger partial charge in [0.15, 0.2) is 17.3 Å². The van der Waals surface area contributed by atoms with Crippen LogP contribution in [0.1, 0.15) is 19.3 Å². The molecule has 0 N–H and O–H groups in total. The molecule has 0 saturated carbocycles. The minimum Gasteiger partial charge on any atom is -0.483 e. The Morgan fingerprint density at radius 3 is 2.75 bits per heavy atom. The van der Waals surface area contributed by atoms with Crippen molar-refractivity contribution in [2.24, 2.45) is 5.92 Å². The number of hydrogen-bond donors (Lipinski definition) is 0. The van der Waals surface area contributed by atoms with Crippen LogP contribution < -0.4 is 9.47 Å². The normalized spacial score (nSPS) is 23.9. The lowest BCUT2D eigenvalue weighted by Gasteiger charge is -2.36. The number of benzene rings is 1. The largest absolute Gasteiger partial charge is 0.483 e. The predicted octanol–water partition coefficient (Wildman–Crippen LogP) is 2.07. The van der Waals surface area contributed by atoms with Gasteiger partial charge in [0.25, 0.3) is 0 Å². The standard InChI is InChI=1S/C20H26F2N2O4/c21-15-9-17(22)20-18(10-15)28-16(12-27-20)11-23-4-1-14(2-5-23)3-6-24-7-8-26-13-19(24)25/h9-10,14,16H,1-8,11-13H2. The Labute approximate surface area is 163 Å². The van der Waals surface area contributed by atoms with E-state index in [9.17, 15) is 13.6 Å². The fourth-order valence-corrected chi connectivity index (χ4v) is 4.11. The number of hydrogen-bond acceptors (Lipinski definition) is 5. The predicted molar refractivity (Wildman–Crippen MR) is 97.4 cm³/mol. The van der Waals surface area contributed by atoms with Crippen LogP contribution in [0.3, 0.4) is 0 Å². The Balaban J connectivity index is 1.21. The Morgan fingerprint density at radius 2 is 1.96 bits per heavy atom. The first-order chi connectivity index (χ1) is 13.6. The summed E-state index contributed by atoms with van der Waals surface area (Å²) in [6.07, 6.45) is 2.93. The molecule has 3 aliphatic heterocycles. The molecule has 3 aliphatic rings. The maximum Gasteiger partial charge on any atom is 0.248 e. The van der Waals surface area contributed by atoms with Crippen molar-refractivity contribution < 1.29 is 27.8 Å². The monoisotopic (exact) mass is 396 g/mol. The minimum atomic E-state index is -0.729. The molecule has 1 aromatic carbocycles. The van der Waals surface area contributed by atoms with E-state index in [2.05, 4.69) is 4.90 Å². The number of carbonyl (C=O) groups is 1. The average molecular weight is 396 g/mol. The Bertz CT molecular complexity index is 710. The molecule has 8 heteroatoms. The number of piperidine rings is 1. The van der Waals surface area contributed by atoms with Gasteiger partial charge in [0, 0.05) is 31.8 Å². The van der Waals surface area contributed by atoms with Crippen molar-refractivity contribution in [3.05, 3.63) is 23.8 Å². The first kappa shape index (κ1) is 19.4. The van der Waals surface area contributed by atoms with Crippen LogP contribution in [0.4, 0.5) is 8.78 Å². The summed E-state index contributed by atoms with van der Waals surface area (Å²) in [6, 6.07) is 1.97. The van der Waals surface area contributed by atoms with Gasteiger partial charge in [-0.1, -0.05) is 0 Å². The maximum absolute atomic E-state index is 13.7. The number of halogens is 2. The van der Waals surface area contributed by atoms with E-state index in [0.717, 1.165) is 45.0 Å². The molecular weight excluding hydrogens is 370 g/mol. The molecule has 1 unspecified atom stereocenters. The number of morpholine rings is 1. The summed E-state index contributed by atoms with van der Waals surface area (Å²) in [5, 5.41) is 0. The number of carbonyl (C=O) groups excluding carboxylic acids is 1. The van der Waals surface area contributed by atoms with Crippen molar-refractivity contribution >= 4 is 5.91 Å². The second-order valence-electron chi connectivity index (χ2n) is 7.73. The first-order valence-electron chi connectivity index (χ1n) is 9.95. The fraction of sp³-hybridized carbons (Fsp3) is 0.650. The van der Waals surface area contributed by atoms with E-state index in [0.29, 0.717) is 25.6 Å². The second kappa shape index (κ2) is 8.61. The van der Waals surface area contributed by atoms with E-state index >= 15 is 0 Å². The number of nitrogens with zero attached hydrogens (tertiary/aromatic N) is 2. The Hall–Kier alpha value is -1.93. The molecule has 0 radical (unpaired) electrons. The third-order valence-corrected chi connectivity index (χ3v) is 5.74. The van der Waals surface area contributed by atoms with E-state index < -0.39 is 11.6 Å². The van der Waals surface area contributed by atoms with E-state index in [1.54, 1.807) is 0 Å². The SMILES string of the molecule is O=C1COCCN1CCC1CCN(CC2COc3c(F)cc(F)cc3O2)CC1. The zero-order valence-electron chi connectivity index (χ0n) is 15.9. The van der Waals surface area contributed by atoms with Crippen LogP contribution in [0.15, 0.2) is 12.1 Å². The molecule has 2 saturated heterocycles. The van der Waals surface area contributed by atoms with Crippen LogP contribution in [0.25, 0.3) is 0 Å².